The number of carbonyl (C=O) groups is 1. The number of rotatable bonds is 5. The Morgan fingerprint density at radius 2 is 1.96 bits per heavy atom. The fraction of sp³-hybridized carbons (Fsp3) is 0.211. The molecule has 1 amide bonds. The van der Waals surface area contributed by atoms with Crippen LogP contribution in [0, 0.1) is 13.8 Å². The highest BCUT2D eigenvalue weighted by Crippen LogP contribution is 2.17. The minimum absolute atomic E-state index is 0.209. The summed E-state index contributed by atoms with van der Waals surface area (Å²) < 4.78 is 7.56. The molecule has 0 aliphatic heterocycles. The number of benzene rings is 2. The van der Waals surface area contributed by atoms with Crippen molar-refractivity contribution < 1.29 is 9.53 Å². The molecule has 0 aliphatic carbocycles. The molecule has 6 nitrogen and oxygen atoms in total. The number of nitrogens with one attached hydrogen (secondary N) is 1. The summed E-state index contributed by atoms with van der Waals surface area (Å²) in [7, 11) is 0. The molecular formula is C19H20N4O2. The zero-order chi connectivity index (χ0) is 17.8. The maximum Gasteiger partial charge on any atom is 0.265 e. The highest BCUT2D eigenvalue weighted by Gasteiger charge is 2.15. The molecule has 0 unspecified atom stereocenters. The molecule has 3 rings (SSSR count). The van der Waals surface area contributed by atoms with Gasteiger partial charge >= 0.3 is 0 Å². The van der Waals surface area contributed by atoms with Crippen molar-refractivity contribution in [3.8, 4) is 11.4 Å². The first kappa shape index (κ1) is 16.7. The monoisotopic (exact) mass is 336 g/mol. The molecule has 2 aromatic carbocycles. The van der Waals surface area contributed by atoms with E-state index in [-0.39, 0.29) is 5.91 Å². The zero-order valence-electron chi connectivity index (χ0n) is 14.4. The van der Waals surface area contributed by atoms with Gasteiger partial charge in [-0.15, -0.1) is 10.2 Å². The van der Waals surface area contributed by atoms with E-state index in [9.17, 15) is 4.79 Å². The predicted molar refractivity (Wildman–Crippen MR) is 96.0 cm³/mol. The molecule has 0 fully saturated rings. The van der Waals surface area contributed by atoms with Crippen molar-refractivity contribution >= 4 is 11.6 Å². The first-order valence-electron chi connectivity index (χ1n) is 8.04. The molecule has 3 aromatic rings. The Morgan fingerprint density at radius 3 is 2.68 bits per heavy atom. The minimum atomic E-state index is -0.609. The highest BCUT2D eigenvalue weighted by atomic mass is 16.5. The van der Waals surface area contributed by atoms with E-state index < -0.39 is 6.10 Å². The average Bonchev–Trinajstić information content (AvgIpc) is 3.01. The van der Waals surface area contributed by atoms with Crippen molar-refractivity contribution in [1.82, 2.24) is 14.8 Å². The van der Waals surface area contributed by atoms with E-state index in [2.05, 4.69) is 15.5 Å². The number of amides is 1. The van der Waals surface area contributed by atoms with Crippen LogP contribution >= 0.6 is 0 Å². The van der Waals surface area contributed by atoms with Crippen molar-refractivity contribution in [1.29, 1.82) is 0 Å². The zero-order valence-corrected chi connectivity index (χ0v) is 14.4. The Morgan fingerprint density at radius 1 is 1.16 bits per heavy atom. The summed E-state index contributed by atoms with van der Waals surface area (Å²) in [6.07, 6.45) is 1.03. The Labute approximate surface area is 146 Å². The molecule has 0 spiro atoms. The average molecular weight is 336 g/mol. The lowest BCUT2D eigenvalue weighted by atomic mass is 10.2. The molecule has 25 heavy (non-hydrogen) atoms. The maximum atomic E-state index is 12.4. The van der Waals surface area contributed by atoms with Crippen molar-refractivity contribution in [3.05, 3.63) is 66.2 Å². The first-order chi connectivity index (χ1) is 12.0. The standard InChI is InChI=1S/C19H20N4O2/c1-13-6-4-9-18(10-13)25-14(2)19(24)21-16-7-5-8-17(11-16)23-12-20-22-15(23)3/h4-12,14H,1-3H3,(H,21,24)/t14-/m1/s1. The van der Waals surface area contributed by atoms with Crippen LogP contribution < -0.4 is 10.1 Å². The van der Waals surface area contributed by atoms with Gasteiger partial charge in [-0.2, -0.15) is 0 Å². The number of aryl methyl sites for hydroxylation is 2. The molecule has 0 radical (unpaired) electrons. The lowest BCUT2D eigenvalue weighted by Gasteiger charge is -2.15. The summed E-state index contributed by atoms with van der Waals surface area (Å²) in [5.74, 6) is 1.25. The Kier molecular flexibility index (Phi) is 4.79. The molecule has 1 heterocycles. The number of ether oxygens (including phenoxy) is 1. The van der Waals surface area contributed by atoms with Gasteiger partial charge in [0.2, 0.25) is 0 Å². The van der Waals surface area contributed by atoms with Gasteiger partial charge in [0.1, 0.15) is 17.9 Å². The molecule has 0 bridgehead atoms. The van der Waals surface area contributed by atoms with E-state index in [0.29, 0.717) is 11.4 Å². The van der Waals surface area contributed by atoms with E-state index in [0.717, 1.165) is 17.1 Å². The Hall–Kier alpha value is -3.15. The molecular weight excluding hydrogens is 316 g/mol. The molecule has 1 atom stereocenters. The molecule has 1 N–H and O–H groups in total. The third kappa shape index (κ3) is 4.03. The van der Waals surface area contributed by atoms with Gasteiger partial charge in [-0.1, -0.05) is 18.2 Å². The van der Waals surface area contributed by atoms with Crippen LogP contribution in [0.1, 0.15) is 18.3 Å². The number of nitrogens with zero attached hydrogens (tertiary/aromatic N) is 3. The van der Waals surface area contributed by atoms with Crippen molar-refractivity contribution in [2.75, 3.05) is 5.32 Å². The maximum absolute atomic E-state index is 12.4. The fourth-order valence-electron chi connectivity index (χ4n) is 2.47. The van der Waals surface area contributed by atoms with E-state index in [4.69, 9.17) is 4.74 Å². The van der Waals surface area contributed by atoms with Crippen LogP contribution in [-0.2, 0) is 4.79 Å². The second kappa shape index (κ2) is 7.17. The van der Waals surface area contributed by atoms with Gasteiger partial charge in [0.15, 0.2) is 6.10 Å². The third-order valence-electron chi connectivity index (χ3n) is 3.78. The van der Waals surface area contributed by atoms with E-state index in [1.54, 1.807) is 13.3 Å². The van der Waals surface area contributed by atoms with Gasteiger partial charge in [0, 0.05) is 5.69 Å². The largest absolute Gasteiger partial charge is 0.481 e. The fourth-order valence-corrected chi connectivity index (χ4v) is 2.47. The number of aromatic nitrogens is 3. The summed E-state index contributed by atoms with van der Waals surface area (Å²) in [4.78, 5) is 12.4. The molecule has 6 heteroatoms. The second-order valence-corrected chi connectivity index (χ2v) is 5.86. The lowest BCUT2D eigenvalue weighted by Crippen LogP contribution is -2.30. The van der Waals surface area contributed by atoms with Crippen molar-refractivity contribution in [3.63, 3.8) is 0 Å². The lowest BCUT2D eigenvalue weighted by molar-refractivity contribution is -0.122. The summed E-state index contributed by atoms with van der Waals surface area (Å²) in [6, 6.07) is 15.1. The van der Waals surface area contributed by atoms with E-state index >= 15 is 0 Å². The molecule has 1 aromatic heterocycles. The van der Waals surface area contributed by atoms with Crippen molar-refractivity contribution in [2.24, 2.45) is 0 Å². The minimum Gasteiger partial charge on any atom is -0.481 e. The van der Waals surface area contributed by atoms with E-state index in [1.807, 2.05) is 66.9 Å². The van der Waals surface area contributed by atoms with Crippen LogP contribution in [0.5, 0.6) is 5.75 Å². The van der Waals surface area contributed by atoms with Crippen molar-refractivity contribution in [2.45, 2.75) is 26.9 Å². The number of hydrogen-bond acceptors (Lipinski definition) is 4. The summed E-state index contributed by atoms with van der Waals surface area (Å²) in [5.41, 5.74) is 2.66. The molecule has 128 valence electrons. The molecule has 0 aliphatic rings. The molecule has 0 saturated carbocycles. The van der Waals surface area contributed by atoms with Crippen LogP contribution in [0.25, 0.3) is 5.69 Å². The van der Waals surface area contributed by atoms with Crippen LogP contribution in [0.2, 0.25) is 0 Å². The van der Waals surface area contributed by atoms with E-state index in [1.165, 1.54) is 0 Å². The van der Waals surface area contributed by atoms with Crippen LogP contribution in [0.4, 0.5) is 5.69 Å². The predicted octanol–water partition coefficient (Wildman–Crippen LogP) is 3.29. The second-order valence-electron chi connectivity index (χ2n) is 5.86. The van der Waals surface area contributed by atoms with Crippen LogP contribution in [0.3, 0.4) is 0 Å². The third-order valence-corrected chi connectivity index (χ3v) is 3.78. The SMILES string of the molecule is Cc1cccc(O[C@H](C)C(=O)Nc2cccc(-n3cnnc3C)c2)c1. The smallest absolute Gasteiger partial charge is 0.265 e. The topological polar surface area (TPSA) is 69.0 Å². The van der Waals surface area contributed by atoms with Gasteiger partial charge < -0.3 is 10.1 Å². The quantitative estimate of drug-likeness (QED) is 0.776. The summed E-state index contributed by atoms with van der Waals surface area (Å²) in [5, 5.41) is 10.7. The van der Waals surface area contributed by atoms with Gasteiger partial charge in [-0.3, -0.25) is 9.36 Å². The summed E-state index contributed by atoms with van der Waals surface area (Å²) in [6.45, 7) is 5.58. The Bertz CT molecular complexity index is 888. The van der Waals surface area contributed by atoms with Gasteiger partial charge in [0.25, 0.3) is 5.91 Å². The highest BCUT2D eigenvalue weighted by molar-refractivity contribution is 5.94. The first-order valence-corrected chi connectivity index (χ1v) is 8.04. The van der Waals surface area contributed by atoms with Gasteiger partial charge in [-0.25, -0.2) is 0 Å². The van der Waals surface area contributed by atoms with Gasteiger partial charge in [-0.05, 0) is 56.7 Å². The normalized spacial score (nSPS) is 11.8. The van der Waals surface area contributed by atoms with Crippen LogP contribution in [0.15, 0.2) is 54.9 Å². The number of anilines is 1. The van der Waals surface area contributed by atoms with Crippen LogP contribution in [-0.4, -0.2) is 26.8 Å². The summed E-state index contributed by atoms with van der Waals surface area (Å²) >= 11 is 0. The molecule has 0 saturated heterocycles. The number of carbonyl (C=O) groups excluding carboxylic acids is 1. The number of hydrogen-bond donors (Lipinski definition) is 1. The van der Waals surface area contributed by atoms with Gasteiger partial charge in [0.05, 0.1) is 5.69 Å². The Balaban J connectivity index is 1.69.